The van der Waals surface area contributed by atoms with Crippen molar-refractivity contribution >= 4 is 5.91 Å². The number of hydrogen-bond acceptors (Lipinski definition) is 5. The van der Waals surface area contributed by atoms with Gasteiger partial charge in [-0.05, 0) is 24.1 Å². The van der Waals surface area contributed by atoms with Gasteiger partial charge in [0.25, 0.3) is 0 Å². The number of carbonyl (C=O) groups is 1. The van der Waals surface area contributed by atoms with Crippen molar-refractivity contribution in [1.29, 1.82) is 0 Å². The molecular weight excluding hydrogens is 342 g/mol. The van der Waals surface area contributed by atoms with Crippen LogP contribution in [0.15, 0.2) is 43.0 Å². The van der Waals surface area contributed by atoms with E-state index in [-0.39, 0.29) is 11.9 Å². The monoisotopic (exact) mass is 365 g/mol. The molecule has 140 valence electrons. The van der Waals surface area contributed by atoms with Crippen LogP contribution in [0.2, 0.25) is 0 Å². The van der Waals surface area contributed by atoms with Gasteiger partial charge in [0, 0.05) is 57.3 Å². The average Bonchev–Trinajstić information content (AvgIpc) is 3.29. The molecule has 0 aliphatic carbocycles. The molecule has 3 aromatic rings. The molecule has 0 spiro atoms. The molecule has 0 saturated carbocycles. The molecule has 1 aliphatic heterocycles. The van der Waals surface area contributed by atoms with E-state index in [2.05, 4.69) is 24.8 Å². The molecule has 1 aliphatic rings. The maximum absolute atomic E-state index is 13.0. The first kappa shape index (κ1) is 17.4. The van der Waals surface area contributed by atoms with Crippen LogP contribution >= 0.6 is 0 Å². The molecule has 0 N–H and O–H groups in total. The van der Waals surface area contributed by atoms with Gasteiger partial charge in [-0.25, -0.2) is 0 Å². The van der Waals surface area contributed by atoms with Crippen molar-refractivity contribution in [3.63, 3.8) is 0 Å². The number of pyridine rings is 1. The van der Waals surface area contributed by atoms with Crippen molar-refractivity contribution < 1.29 is 4.79 Å². The van der Waals surface area contributed by atoms with Gasteiger partial charge in [0.15, 0.2) is 0 Å². The molecule has 1 amide bonds. The Labute approximate surface area is 157 Å². The molecular formula is C19H23N7O. The molecule has 4 rings (SSSR count). The van der Waals surface area contributed by atoms with Crippen molar-refractivity contribution in [1.82, 2.24) is 34.4 Å². The minimum Gasteiger partial charge on any atom is -0.339 e. The zero-order valence-electron chi connectivity index (χ0n) is 15.4. The average molecular weight is 365 g/mol. The molecule has 0 unspecified atom stereocenters. The molecule has 0 fully saturated rings. The summed E-state index contributed by atoms with van der Waals surface area (Å²) in [5, 5.41) is 13.0. The number of fused-ring (bicyclic) bond motifs is 1. The smallest absolute Gasteiger partial charge is 0.247 e. The number of aromatic nitrogens is 6. The second-order valence-electron chi connectivity index (χ2n) is 6.71. The Bertz CT molecular complexity index is 888. The van der Waals surface area contributed by atoms with E-state index in [9.17, 15) is 4.79 Å². The Morgan fingerprint density at radius 2 is 2.11 bits per heavy atom. The summed E-state index contributed by atoms with van der Waals surface area (Å²) in [5.41, 5.74) is 1.11. The highest BCUT2D eigenvalue weighted by Gasteiger charge is 2.27. The standard InChI is InChI=1S/C19H23N7O/c1-2-16(26-9-4-8-21-26)19(27)24-10-6-17-22-23-18(25(17)12-11-24)13-15-5-3-7-20-14-15/h3-5,7-9,14,16H,2,6,10-13H2,1H3/t16-/m1/s1. The van der Waals surface area contributed by atoms with Crippen LogP contribution in [-0.4, -0.2) is 53.4 Å². The summed E-state index contributed by atoms with van der Waals surface area (Å²) >= 11 is 0. The summed E-state index contributed by atoms with van der Waals surface area (Å²) < 4.78 is 3.90. The van der Waals surface area contributed by atoms with Crippen molar-refractivity contribution in [3.05, 3.63) is 60.2 Å². The third kappa shape index (κ3) is 3.60. The second-order valence-corrected chi connectivity index (χ2v) is 6.71. The maximum Gasteiger partial charge on any atom is 0.247 e. The Morgan fingerprint density at radius 3 is 2.85 bits per heavy atom. The van der Waals surface area contributed by atoms with Crippen LogP contribution in [0.3, 0.4) is 0 Å². The predicted molar refractivity (Wildman–Crippen MR) is 98.9 cm³/mol. The van der Waals surface area contributed by atoms with Gasteiger partial charge in [0.1, 0.15) is 17.7 Å². The first-order chi connectivity index (χ1) is 13.3. The zero-order chi connectivity index (χ0) is 18.6. The predicted octanol–water partition coefficient (Wildman–Crippen LogP) is 1.50. The van der Waals surface area contributed by atoms with Gasteiger partial charge in [-0.15, -0.1) is 10.2 Å². The van der Waals surface area contributed by atoms with Gasteiger partial charge in [0.2, 0.25) is 5.91 Å². The lowest BCUT2D eigenvalue weighted by Crippen LogP contribution is -2.39. The summed E-state index contributed by atoms with van der Waals surface area (Å²) in [6.45, 7) is 4.03. The fourth-order valence-electron chi connectivity index (χ4n) is 3.57. The number of rotatable bonds is 5. The number of hydrogen-bond donors (Lipinski definition) is 0. The summed E-state index contributed by atoms with van der Waals surface area (Å²) in [4.78, 5) is 19.1. The second kappa shape index (κ2) is 7.69. The lowest BCUT2D eigenvalue weighted by molar-refractivity contribution is -0.135. The third-order valence-corrected chi connectivity index (χ3v) is 5.02. The summed E-state index contributed by atoms with van der Waals surface area (Å²) in [7, 11) is 0. The summed E-state index contributed by atoms with van der Waals surface area (Å²) in [6, 6.07) is 5.57. The molecule has 0 saturated heterocycles. The summed E-state index contributed by atoms with van der Waals surface area (Å²) in [6.07, 6.45) is 9.30. The maximum atomic E-state index is 13.0. The van der Waals surface area contributed by atoms with Crippen LogP contribution in [0.5, 0.6) is 0 Å². The van der Waals surface area contributed by atoms with Gasteiger partial charge in [-0.2, -0.15) is 5.10 Å². The molecule has 3 aromatic heterocycles. The van der Waals surface area contributed by atoms with E-state index in [1.807, 2.05) is 42.4 Å². The van der Waals surface area contributed by atoms with E-state index >= 15 is 0 Å². The lowest BCUT2D eigenvalue weighted by Gasteiger charge is -2.25. The van der Waals surface area contributed by atoms with E-state index in [1.54, 1.807) is 17.1 Å². The molecule has 8 heteroatoms. The van der Waals surface area contributed by atoms with Crippen LogP contribution in [-0.2, 0) is 24.2 Å². The highest BCUT2D eigenvalue weighted by atomic mass is 16.2. The lowest BCUT2D eigenvalue weighted by atomic mass is 10.2. The molecule has 1 atom stereocenters. The zero-order valence-corrected chi connectivity index (χ0v) is 15.4. The first-order valence-electron chi connectivity index (χ1n) is 9.34. The topological polar surface area (TPSA) is 81.7 Å². The van der Waals surface area contributed by atoms with Crippen molar-refractivity contribution in [2.75, 3.05) is 13.1 Å². The number of carbonyl (C=O) groups excluding carboxylic acids is 1. The van der Waals surface area contributed by atoms with Crippen LogP contribution in [0.4, 0.5) is 0 Å². The normalized spacial score (nSPS) is 15.2. The van der Waals surface area contributed by atoms with Crippen LogP contribution in [0, 0.1) is 0 Å². The fraction of sp³-hybridized carbons (Fsp3) is 0.421. The molecule has 8 nitrogen and oxygen atoms in total. The van der Waals surface area contributed by atoms with Gasteiger partial charge < -0.3 is 9.47 Å². The summed E-state index contributed by atoms with van der Waals surface area (Å²) in [5.74, 6) is 1.98. The molecule has 4 heterocycles. The minimum atomic E-state index is -0.251. The minimum absolute atomic E-state index is 0.119. The first-order valence-corrected chi connectivity index (χ1v) is 9.34. The van der Waals surface area contributed by atoms with Crippen LogP contribution in [0.25, 0.3) is 0 Å². The van der Waals surface area contributed by atoms with E-state index in [0.717, 1.165) is 23.6 Å². The molecule has 0 aromatic carbocycles. The molecule has 27 heavy (non-hydrogen) atoms. The number of amides is 1. The van der Waals surface area contributed by atoms with Gasteiger partial charge in [-0.1, -0.05) is 13.0 Å². The Hall–Kier alpha value is -3.03. The largest absolute Gasteiger partial charge is 0.339 e. The van der Waals surface area contributed by atoms with E-state index < -0.39 is 0 Å². The molecule has 0 radical (unpaired) electrons. The van der Waals surface area contributed by atoms with Gasteiger partial charge in [-0.3, -0.25) is 14.5 Å². The number of nitrogens with zero attached hydrogens (tertiary/aromatic N) is 7. The van der Waals surface area contributed by atoms with Crippen molar-refractivity contribution in [3.8, 4) is 0 Å². The van der Waals surface area contributed by atoms with E-state index in [1.165, 1.54) is 0 Å². The van der Waals surface area contributed by atoms with Crippen molar-refractivity contribution in [2.45, 2.75) is 38.8 Å². The van der Waals surface area contributed by atoms with Gasteiger partial charge in [0.05, 0.1) is 0 Å². The highest BCUT2D eigenvalue weighted by Crippen LogP contribution is 2.18. The van der Waals surface area contributed by atoms with Crippen LogP contribution in [0.1, 0.15) is 36.6 Å². The van der Waals surface area contributed by atoms with Crippen LogP contribution < -0.4 is 0 Å². The van der Waals surface area contributed by atoms with E-state index in [4.69, 9.17) is 0 Å². The van der Waals surface area contributed by atoms with Gasteiger partial charge >= 0.3 is 0 Å². The fourth-order valence-corrected chi connectivity index (χ4v) is 3.57. The SMILES string of the molecule is CC[C@H](C(=O)N1CCc2nnc(Cc3cccnc3)n2CC1)n1cccn1. The van der Waals surface area contributed by atoms with Crippen molar-refractivity contribution in [2.24, 2.45) is 0 Å². The highest BCUT2D eigenvalue weighted by molar-refractivity contribution is 5.80. The Balaban J connectivity index is 1.48. The quantitative estimate of drug-likeness (QED) is 0.684. The van der Waals surface area contributed by atoms with E-state index in [0.29, 0.717) is 32.5 Å². The Kier molecular flexibility index (Phi) is 4.95. The Morgan fingerprint density at radius 1 is 1.19 bits per heavy atom. The third-order valence-electron chi connectivity index (χ3n) is 5.02. The molecule has 0 bridgehead atoms.